The predicted molar refractivity (Wildman–Crippen MR) is 81.6 cm³/mol. The van der Waals surface area contributed by atoms with Gasteiger partial charge in [0.25, 0.3) is 0 Å². The lowest BCUT2D eigenvalue weighted by molar-refractivity contribution is -0.167. The SMILES string of the molecule is CO.COC(=O)C[C@H]1CNC(C(=O)O)[C@@H](C(=O)OC(C)(C)C)C1. The zero-order valence-corrected chi connectivity index (χ0v) is 14.3. The van der Waals surface area contributed by atoms with Crippen molar-refractivity contribution in [3.63, 3.8) is 0 Å². The molecule has 0 aromatic rings. The first-order valence-corrected chi connectivity index (χ1v) is 7.34. The summed E-state index contributed by atoms with van der Waals surface area (Å²) in [5, 5.41) is 19.0. The van der Waals surface area contributed by atoms with Crippen molar-refractivity contribution in [1.29, 1.82) is 0 Å². The molecule has 0 aromatic heterocycles. The Kier molecular flexibility index (Phi) is 8.78. The number of hydrogen-bond acceptors (Lipinski definition) is 7. The van der Waals surface area contributed by atoms with Gasteiger partial charge in [-0.25, -0.2) is 0 Å². The number of carboxylic acid groups (broad SMARTS) is 1. The number of aliphatic carboxylic acids is 1. The van der Waals surface area contributed by atoms with Gasteiger partial charge in [-0.15, -0.1) is 0 Å². The molecule has 8 heteroatoms. The first-order chi connectivity index (χ1) is 10.6. The first-order valence-electron chi connectivity index (χ1n) is 7.34. The molecule has 0 spiro atoms. The van der Waals surface area contributed by atoms with Gasteiger partial charge in [0.05, 0.1) is 13.0 Å². The van der Waals surface area contributed by atoms with Crippen LogP contribution >= 0.6 is 0 Å². The molecule has 0 bridgehead atoms. The number of ether oxygens (including phenoxy) is 2. The molecule has 8 nitrogen and oxygen atoms in total. The van der Waals surface area contributed by atoms with Gasteiger partial charge in [0, 0.05) is 13.5 Å². The van der Waals surface area contributed by atoms with Crippen LogP contribution in [0.1, 0.15) is 33.6 Å². The van der Waals surface area contributed by atoms with Crippen molar-refractivity contribution >= 4 is 17.9 Å². The van der Waals surface area contributed by atoms with E-state index in [4.69, 9.17) is 9.84 Å². The number of hydrogen-bond donors (Lipinski definition) is 3. The van der Waals surface area contributed by atoms with E-state index >= 15 is 0 Å². The maximum atomic E-state index is 12.2. The van der Waals surface area contributed by atoms with Crippen LogP contribution in [0.25, 0.3) is 0 Å². The summed E-state index contributed by atoms with van der Waals surface area (Å²) in [6.45, 7) is 5.53. The summed E-state index contributed by atoms with van der Waals surface area (Å²) in [5.41, 5.74) is -0.685. The second kappa shape index (κ2) is 9.46. The Balaban J connectivity index is 0.00000232. The van der Waals surface area contributed by atoms with Crippen LogP contribution in [0.4, 0.5) is 0 Å². The van der Waals surface area contributed by atoms with E-state index in [1.807, 2.05) is 0 Å². The Morgan fingerprint density at radius 2 is 1.78 bits per heavy atom. The van der Waals surface area contributed by atoms with Gasteiger partial charge < -0.3 is 25.0 Å². The van der Waals surface area contributed by atoms with Crippen LogP contribution in [-0.4, -0.2) is 60.5 Å². The van der Waals surface area contributed by atoms with Crippen LogP contribution in [0, 0.1) is 11.8 Å². The van der Waals surface area contributed by atoms with Gasteiger partial charge >= 0.3 is 17.9 Å². The molecule has 0 aromatic carbocycles. The van der Waals surface area contributed by atoms with Crippen LogP contribution in [-0.2, 0) is 23.9 Å². The minimum atomic E-state index is -1.10. The molecule has 1 rings (SSSR count). The van der Waals surface area contributed by atoms with E-state index in [9.17, 15) is 19.5 Å². The monoisotopic (exact) mass is 333 g/mol. The lowest BCUT2D eigenvalue weighted by Crippen LogP contribution is -2.53. The summed E-state index contributed by atoms with van der Waals surface area (Å²) < 4.78 is 9.88. The number of carboxylic acids is 1. The zero-order chi connectivity index (χ0) is 18.2. The van der Waals surface area contributed by atoms with Gasteiger partial charge in [0.2, 0.25) is 0 Å². The quantitative estimate of drug-likeness (QED) is 0.623. The maximum absolute atomic E-state index is 12.2. The molecule has 1 aliphatic rings. The summed E-state index contributed by atoms with van der Waals surface area (Å²) in [7, 11) is 2.30. The van der Waals surface area contributed by atoms with Crippen molar-refractivity contribution in [2.24, 2.45) is 11.8 Å². The third-order valence-electron chi connectivity index (χ3n) is 3.27. The Morgan fingerprint density at radius 1 is 1.22 bits per heavy atom. The molecule has 3 N–H and O–H groups in total. The molecule has 0 aliphatic carbocycles. The van der Waals surface area contributed by atoms with E-state index < -0.39 is 29.5 Å². The fourth-order valence-corrected chi connectivity index (χ4v) is 2.36. The Bertz CT molecular complexity index is 417. The molecule has 1 fully saturated rings. The highest BCUT2D eigenvalue weighted by molar-refractivity contribution is 5.84. The maximum Gasteiger partial charge on any atom is 0.321 e. The van der Waals surface area contributed by atoms with E-state index in [-0.39, 0.29) is 24.7 Å². The molecular weight excluding hydrogens is 306 g/mol. The number of carbonyl (C=O) groups is 3. The average Bonchev–Trinajstić information content (AvgIpc) is 2.47. The van der Waals surface area contributed by atoms with Crippen molar-refractivity contribution in [3.8, 4) is 0 Å². The minimum absolute atomic E-state index is 0.148. The molecule has 1 saturated heterocycles. The fraction of sp³-hybridized carbons (Fsp3) is 0.800. The van der Waals surface area contributed by atoms with Crippen molar-refractivity contribution in [3.05, 3.63) is 0 Å². The predicted octanol–water partition coefficient (Wildman–Crippen LogP) is 0.179. The van der Waals surface area contributed by atoms with Gasteiger partial charge in [-0.3, -0.25) is 14.4 Å². The minimum Gasteiger partial charge on any atom is -0.480 e. The van der Waals surface area contributed by atoms with Crippen LogP contribution in [0.2, 0.25) is 0 Å². The van der Waals surface area contributed by atoms with E-state index in [0.717, 1.165) is 7.11 Å². The third-order valence-corrected chi connectivity index (χ3v) is 3.27. The number of piperidine rings is 1. The summed E-state index contributed by atoms with van der Waals surface area (Å²) >= 11 is 0. The fourth-order valence-electron chi connectivity index (χ4n) is 2.36. The average molecular weight is 333 g/mol. The Labute approximate surface area is 136 Å². The van der Waals surface area contributed by atoms with Crippen molar-refractivity contribution in [2.75, 3.05) is 20.8 Å². The number of rotatable bonds is 4. The number of nitrogens with one attached hydrogen (secondary N) is 1. The highest BCUT2D eigenvalue weighted by Gasteiger charge is 2.41. The standard InChI is InChI=1S/C14H23NO6.CH4O/c1-14(2,3)21-13(19)9-5-8(6-10(16)20-4)7-15-11(9)12(17)18;1-2/h8-9,11,15H,5-7H2,1-4H3,(H,17,18);2H,1H3/t8-,9-,11?;/m0./s1. The van der Waals surface area contributed by atoms with Gasteiger partial charge in [-0.2, -0.15) is 0 Å². The first kappa shape index (κ1) is 21.3. The topological polar surface area (TPSA) is 122 Å². The Hall–Kier alpha value is -1.67. The summed E-state index contributed by atoms with van der Waals surface area (Å²) in [6.07, 6.45) is 0.434. The van der Waals surface area contributed by atoms with Gasteiger partial charge in [-0.1, -0.05) is 0 Å². The largest absolute Gasteiger partial charge is 0.480 e. The molecule has 3 atom stereocenters. The van der Waals surface area contributed by atoms with Crippen molar-refractivity contribution in [1.82, 2.24) is 5.32 Å². The van der Waals surface area contributed by atoms with Crippen LogP contribution in [0.5, 0.6) is 0 Å². The highest BCUT2D eigenvalue weighted by Crippen LogP contribution is 2.27. The van der Waals surface area contributed by atoms with Crippen LogP contribution in [0.3, 0.4) is 0 Å². The summed E-state index contributed by atoms with van der Waals surface area (Å²) in [6, 6.07) is -0.992. The van der Waals surface area contributed by atoms with E-state index in [2.05, 4.69) is 10.1 Å². The summed E-state index contributed by atoms with van der Waals surface area (Å²) in [4.78, 5) is 34.8. The number of carbonyl (C=O) groups excluding carboxylic acids is 2. The van der Waals surface area contributed by atoms with E-state index in [1.165, 1.54) is 7.11 Å². The third kappa shape index (κ3) is 7.43. The summed E-state index contributed by atoms with van der Waals surface area (Å²) in [5.74, 6) is -2.99. The van der Waals surface area contributed by atoms with E-state index in [1.54, 1.807) is 20.8 Å². The molecule has 1 heterocycles. The number of aliphatic hydroxyl groups excluding tert-OH is 1. The highest BCUT2D eigenvalue weighted by atomic mass is 16.6. The van der Waals surface area contributed by atoms with Gasteiger partial charge in [0.15, 0.2) is 0 Å². The Morgan fingerprint density at radius 3 is 2.22 bits per heavy atom. The molecule has 0 saturated carbocycles. The van der Waals surface area contributed by atoms with Gasteiger partial charge in [-0.05, 0) is 39.7 Å². The molecule has 1 aliphatic heterocycles. The second-order valence-electron chi connectivity index (χ2n) is 6.25. The number of esters is 2. The normalized spacial score (nSPS) is 24.0. The lowest BCUT2D eigenvalue weighted by atomic mass is 9.83. The molecule has 0 amide bonds. The van der Waals surface area contributed by atoms with Crippen LogP contribution < -0.4 is 5.32 Å². The van der Waals surface area contributed by atoms with Gasteiger partial charge in [0.1, 0.15) is 11.6 Å². The molecule has 0 radical (unpaired) electrons. The van der Waals surface area contributed by atoms with Crippen molar-refractivity contribution in [2.45, 2.75) is 45.3 Å². The molecular formula is C15H27NO7. The van der Waals surface area contributed by atoms with Crippen LogP contribution in [0.15, 0.2) is 0 Å². The number of aliphatic hydroxyl groups is 1. The smallest absolute Gasteiger partial charge is 0.321 e. The molecule has 134 valence electrons. The number of methoxy groups -OCH3 is 1. The lowest BCUT2D eigenvalue weighted by Gasteiger charge is -2.34. The zero-order valence-electron chi connectivity index (χ0n) is 14.3. The van der Waals surface area contributed by atoms with E-state index in [0.29, 0.717) is 6.54 Å². The molecule has 23 heavy (non-hydrogen) atoms. The van der Waals surface area contributed by atoms with Crippen molar-refractivity contribution < 1.29 is 34.1 Å². The second-order valence-corrected chi connectivity index (χ2v) is 6.25. The molecule has 1 unspecified atom stereocenters.